The number of thiophene rings is 1. The van der Waals surface area contributed by atoms with E-state index < -0.39 is 0 Å². The van der Waals surface area contributed by atoms with Gasteiger partial charge in [-0.15, -0.1) is 11.3 Å². The molecule has 0 spiro atoms. The van der Waals surface area contributed by atoms with E-state index in [2.05, 4.69) is 10.6 Å². The Morgan fingerprint density at radius 1 is 1.31 bits per heavy atom. The van der Waals surface area contributed by atoms with E-state index in [1.54, 1.807) is 11.3 Å². The van der Waals surface area contributed by atoms with Gasteiger partial charge in [0.05, 0.1) is 6.42 Å². The topological polar surface area (TPSA) is 58.2 Å². The third-order valence-corrected chi connectivity index (χ3v) is 2.84. The van der Waals surface area contributed by atoms with Gasteiger partial charge in [-0.2, -0.15) is 0 Å². The van der Waals surface area contributed by atoms with Gasteiger partial charge in [0.2, 0.25) is 11.8 Å². The van der Waals surface area contributed by atoms with E-state index in [-0.39, 0.29) is 11.8 Å². The van der Waals surface area contributed by atoms with E-state index in [1.807, 2.05) is 24.4 Å². The zero-order valence-corrected chi connectivity index (χ0v) is 10.1. The Hall–Kier alpha value is -1.36. The van der Waals surface area contributed by atoms with Crippen LogP contribution in [0.2, 0.25) is 0 Å². The van der Waals surface area contributed by atoms with Crippen LogP contribution < -0.4 is 10.6 Å². The summed E-state index contributed by atoms with van der Waals surface area (Å²) in [5.41, 5.74) is 0. The van der Waals surface area contributed by atoms with Crippen LogP contribution in [0.5, 0.6) is 0 Å². The maximum Gasteiger partial charge on any atom is 0.225 e. The molecule has 0 radical (unpaired) electrons. The van der Waals surface area contributed by atoms with Crippen molar-refractivity contribution in [2.75, 3.05) is 13.1 Å². The van der Waals surface area contributed by atoms with Gasteiger partial charge in [0.15, 0.2) is 0 Å². The molecule has 1 heterocycles. The van der Waals surface area contributed by atoms with Crippen LogP contribution in [0.4, 0.5) is 0 Å². The van der Waals surface area contributed by atoms with E-state index >= 15 is 0 Å². The molecule has 0 saturated carbocycles. The van der Waals surface area contributed by atoms with E-state index in [0.717, 1.165) is 4.88 Å². The van der Waals surface area contributed by atoms with Gasteiger partial charge in [-0.05, 0) is 18.4 Å². The first kappa shape index (κ1) is 12.7. The predicted octanol–water partition coefficient (Wildman–Crippen LogP) is 0.933. The first-order chi connectivity index (χ1) is 7.72. The van der Waals surface area contributed by atoms with Crippen LogP contribution in [-0.4, -0.2) is 24.9 Å². The molecule has 0 aliphatic carbocycles. The smallest absolute Gasteiger partial charge is 0.225 e. The highest BCUT2D eigenvalue weighted by Gasteiger charge is 2.04. The van der Waals surface area contributed by atoms with Crippen LogP contribution in [0.15, 0.2) is 17.5 Å². The van der Waals surface area contributed by atoms with Gasteiger partial charge in [-0.1, -0.05) is 6.07 Å². The van der Waals surface area contributed by atoms with E-state index in [9.17, 15) is 9.59 Å². The normalized spacial score (nSPS) is 9.81. The van der Waals surface area contributed by atoms with Crippen molar-refractivity contribution in [3.05, 3.63) is 22.4 Å². The Morgan fingerprint density at radius 2 is 2.12 bits per heavy atom. The summed E-state index contributed by atoms with van der Waals surface area (Å²) in [5, 5.41) is 7.34. The quantitative estimate of drug-likeness (QED) is 0.777. The standard InChI is InChI=1S/C11H16N2O2S/c1-2-12-10(14)5-6-13-11(15)8-9-4-3-7-16-9/h3-4,7H,2,5-6,8H2,1H3,(H,12,14)(H,13,15). The van der Waals surface area contributed by atoms with Gasteiger partial charge in [0, 0.05) is 24.4 Å². The molecule has 5 heteroatoms. The van der Waals surface area contributed by atoms with Crippen LogP contribution in [0.25, 0.3) is 0 Å². The summed E-state index contributed by atoms with van der Waals surface area (Å²) in [6.07, 6.45) is 0.733. The Balaban J connectivity index is 2.13. The number of hydrogen-bond donors (Lipinski definition) is 2. The molecule has 1 aromatic heterocycles. The lowest BCUT2D eigenvalue weighted by atomic mass is 10.3. The number of carbonyl (C=O) groups is 2. The van der Waals surface area contributed by atoms with Crippen LogP contribution in [-0.2, 0) is 16.0 Å². The van der Waals surface area contributed by atoms with Gasteiger partial charge < -0.3 is 10.6 Å². The summed E-state index contributed by atoms with van der Waals surface area (Å²) in [5.74, 6) is -0.0642. The minimum absolute atomic E-state index is 0.0288. The molecule has 1 rings (SSSR count). The molecule has 0 unspecified atom stereocenters. The molecule has 0 bridgehead atoms. The van der Waals surface area contributed by atoms with Crippen LogP contribution in [0.1, 0.15) is 18.2 Å². The summed E-state index contributed by atoms with van der Waals surface area (Å²) in [4.78, 5) is 23.5. The highest BCUT2D eigenvalue weighted by Crippen LogP contribution is 2.08. The molecule has 0 aliphatic rings. The second-order valence-electron chi connectivity index (χ2n) is 3.31. The number of carbonyl (C=O) groups excluding carboxylic acids is 2. The molecule has 4 nitrogen and oxygen atoms in total. The zero-order valence-electron chi connectivity index (χ0n) is 9.29. The molecule has 2 amide bonds. The fraction of sp³-hybridized carbons (Fsp3) is 0.455. The number of amides is 2. The van der Waals surface area contributed by atoms with E-state index in [4.69, 9.17) is 0 Å². The molecule has 0 fully saturated rings. The first-order valence-corrected chi connectivity index (χ1v) is 6.16. The number of nitrogens with one attached hydrogen (secondary N) is 2. The molecular weight excluding hydrogens is 224 g/mol. The highest BCUT2D eigenvalue weighted by molar-refractivity contribution is 7.10. The maximum absolute atomic E-state index is 11.4. The molecule has 88 valence electrons. The van der Waals surface area contributed by atoms with Crippen molar-refractivity contribution in [2.45, 2.75) is 19.8 Å². The fourth-order valence-electron chi connectivity index (χ4n) is 1.23. The lowest BCUT2D eigenvalue weighted by Crippen LogP contribution is -2.31. The van der Waals surface area contributed by atoms with Crippen molar-refractivity contribution in [3.8, 4) is 0 Å². The van der Waals surface area contributed by atoms with Crippen molar-refractivity contribution >= 4 is 23.2 Å². The average molecular weight is 240 g/mol. The molecule has 2 N–H and O–H groups in total. The lowest BCUT2D eigenvalue weighted by Gasteiger charge is -2.04. The average Bonchev–Trinajstić information content (AvgIpc) is 2.70. The van der Waals surface area contributed by atoms with Gasteiger partial charge in [0.25, 0.3) is 0 Å². The van der Waals surface area contributed by atoms with Gasteiger partial charge in [-0.3, -0.25) is 9.59 Å². The largest absolute Gasteiger partial charge is 0.356 e. The molecule has 0 saturated heterocycles. The van der Waals surface area contributed by atoms with Crippen LogP contribution >= 0.6 is 11.3 Å². The van der Waals surface area contributed by atoms with Crippen molar-refractivity contribution < 1.29 is 9.59 Å². The summed E-state index contributed by atoms with van der Waals surface area (Å²) in [7, 11) is 0. The van der Waals surface area contributed by atoms with Crippen molar-refractivity contribution in [1.82, 2.24) is 10.6 Å². The Morgan fingerprint density at radius 3 is 2.75 bits per heavy atom. The van der Waals surface area contributed by atoms with E-state index in [0.29, 0.717) is 25.9 Å². The minimum Gasteiger partial charge on any atom is -0.356 e. The third-order valence-electron chi connectivity index (χ3n) is 1.96. The molecule has 0 aliphatic heterocycles. The SMILES string of the molecule is CCNC(=O)CCNC(=O)Cc1cccs1. The van der Waals surface area contributed by atoms with Gasteiger partial charge in [0.1, 0.15) is 0 Å². The third kappa shape index (κ3) is 4.93. The van der Waals surface area contributed by atoms with Gasteiger partial charge >= 0.3 is 0 Å². The zero-order chi connectivity index (χ0) is 11.8. The van der Waals surface area contributed by atoms with Crippen LogP contribution in [0.3, 0.4) is 0 Å². The van der Waals surface area contributed by atoms with E-state index in [1.165, 1.54) is 0 Å². The Bertz CT molecular complexity index is 336. The van der Waals surface area contributed by atoms with Crippen molar-refractivity contribution in [3.63, 3.8) is 0 Å². The Kier molecular flexibility index (Phi) is 5.56. The summed E-state index contributed by atoms with van der Waals surface area (Å²) in [6.45, 7) is 2.89. The minimum atomic E-state index is -0.0354. The highest BCUT2D eigenvalue weighted by atomic mass is 32.1. The second kappa shape index (κ2) is 7.00. The fourth-order valence-corrected chi connectivity index (χ4v) is 1.94. The molecule has 16 heavy (non-hydrogen) atoms. The summed E-state index contributed by atoms with van der Waals surface area (Å²) in [6, 6.07) is 3.84. The van der Waals surface area contributed by atoms with Crippen molar-refractivity contribution in [1.29, 1.82) is 0 Å². The summed E-state index contributed by atoms with van der Waals surface area (Å²) < 4.78 is 0. The predicted molar refractivity (Wildman–Crippen MR) is 64.3 cm³/mol. The maximum atomic E-state index is 11.4. The first-order valence-electron chi connectivity index (χ1n) is 5.28. The molecule has 0 aromatic carbocycles. The van der Waals surface area contributed by atoms with Gasteiger partial charge in [-0.25, -0.2) is 0 Å². The second-order valence-corrected chi connectivity index (χ2v) is 4.34. The Labute approximate surface area is 99.0 Å². The van der Waals surface area contributed by atoms with Crippen molar-refractivity contribution in [2.24, 2.45) is 0 Å². The van der Waals surface area contributed by atoms with Crippen LogP contribution in [0, 0.1) is 0 Å². The molecule has 1 aromatic rings. The molecular formula is C11H16N2O2S. The molecule has 0 atom stereocenters. The lowest BCUT2D eigenvalue weighted by molar-refractivity contribution is -0.121. The number of hydrogen-bond acceptors (Lipinski definition) is 3. The summed E-state index contributed by atoms with van der Waals surface area (Å²) >= 11 is 1.56. The number of rotatable bonds is 6. The monoisotopic (exact) mass is 240 g/mol.